The molecule has 0 saturated carbocycles. The van der Waals surface area contributed by atoms with Crippen molar-refractivity contribution in [3.63, 3.8) is 0 Å². The highest BCUT2D eigenvalue weighted by atomic mass is 32.2. The van der Waals surface area contributed by atoms with Gasteiger partial charge < -0.3 is 9.64 Å². The van der Waals surface area contributed by atoms with Gasteiger partial charge in [-0.3, -0.25) is 4.90 Å². The minimum absolute atomic E-state index is 0.150. The van der Waals surface area contributed by atoms with Gasteiger partial charge >= 0.3 is 0 Å². The molecule has 3 rings (SSSR count). The molecule has 2 heterocycles. The van der Waals surface area contributed by atoms with Gasteiger partial charge in [0.25, 0.3) is 0 Å². The number of hydrogen-bond donors (Lipinski definition) is 1. The van der Waals surface area contributed by atoms with E-state index < -0.39 is 10.0 Å². The Morgan fingerprint density at radius 3 is 2.29 bits per heavy atom. The number of aromatic nitrogens is 1. The van der Waals surface area contributed by atoms with Gasteiger partial charge in [0.1, 0.15) is 16.5 Å². The third-order valence-corrected chi connectivity index (χ3v) is 6.33. The van der Waals surface area contributed by atoms with Crippen LogP contribution in [0.1, 0.15) is 19.4 Å². The highest BCUT2D eigenvalue weighted by Crippen LogP contribution is 2.18. The highest BCUT2D eigenvalue weighted by molar-refractivity contribution is 7.89. The van der Waals surface area contributed by atoms with Crippen LogP contribution < -0.4 is 14.4 Å². The van der Waals surface area contributed by atoms with Gasteiger partial charge in [0.2, 0.25) is 10.0 Å². The van der Waals surface area contributed by atoms with Crippen LogP contribution in [0.25, 0.3) is 0 Å². The Labute approximate surface area is 167 Å². The number of sulfonamides is 1. The standard InChI is InChI=1S/C20H28N4O3S/c1-16(2)22-28(25,26)19-8-9-20(21-14-19)24-12-10-23(11-13-24)15-17-4-6-18(27-3)7-5-17/h4-9,14,16,22H,10-13,15H2,1-3H3. The summed E-state index contributed by atoms with van der Waals surface area (Å²) in [5.74, 6) is 1.68. The van der Waals surface area contributed by atoms with Crippen molar-refractivity contribution in [2.75, 3.05) is 38.2 Å². The lowest BCUT2D eigenvalue weighted by Crippen LogP contribution is -2.46. The van der Waals surface area contributed by atoms with E-state index in [1.165, 1.54) is 11.8 Å². The SMILES string of the molecule is COc1ccc(CN2CCN(c3ccc(S(=O)(=O)NC(C)C)cn3)CC2)cc1. The quantitative estimate of drug-likeness (QED) is 0.762. The molecule has 0 bridgehead atoms. The van der Waals surface area contributed by atoms with Crippen molar-refractivity contribution in [3.05, 3.63) is 48.2 Å². The molecule has 2 aromatic rings. The largest absolute Gasteiger partial charge is 0.497 e. The van der Waals surface area contributed by atoms with Gasteiger partial charge in [-0.15, -0.1) is 0 Å². The molecule has 1 aromatic carbocycles. The van der Waals surface area contributed by atoms with E-state index in [0.29, 0.717) is 0 Å². The summed E-state index contributed by atoms with van der Waals surface area (Å²) in [5, 5.41) is 0. The number of pyridine rings is 1. The number of hydrogen-bond acceptors (Lipinski definition) is 6. The third-order valence-electron chi connectivity index (χ3n) is 4.68. The Balaban J connectivity index is 1.55. The van der Waals surface area contributed by atoms with Gasteiger partial charge in [-0.2, -0.15) is 0 Å². The molecule has 0 spiro atoms. The molecule has 7 nitrogen and oxygen atoms in total. The second-order valence-electron chi connectivity index (χ2n) is 7.24. The lowest BCUT2D eigenvalue weighted by molar-refractivity contribution is 0.249. The zero-order chi connectivity index (χ0) is 20.1. The summed E-state index contributed by atoms with van der Waals surface area (Å²) in [7, 11) is -1.83. The molecule has 1 aliphatic rings. The Morgan fingerprint density at radius 1 is 1.07 bits per heavy atom. The van der Waals surface area contributed by atoms with E-state index in [0.717, 1.165) is 44.3 Å². The Kier molecular flexibility index (Phi) is 6.53. The zero-order valence-corrected chi connectivity index (χ0v) is 17.4. The highest BCUT2D eigenvalue weighted by Gasteiger charge is 2.20. The average molecular weight is 405 g/mol. The predicted molar refractivity (Wildman–Crippen MR) is 110 cm³/mol. The van der Waals surface area contributed by atoms with E-state index in [9.17, 15) is 8.42 Å². The molecule has 0 aliphatic carbocycles. The van der Waals surface area contributed by atoms with Gasteiger partial charge in [0.15, 0.2) is 0 Å². The number of piperazine rings is 1. The number of benzene rings is 1. The van der Waals surface area contributed by atoms with Crippen LogP contribution in [0, 0.1) is 0 Å². The molecule has 1 fully saturated rings. The summed E-state index contributed by atoms with van der Waals surface area (Å²) in [6.45, 7) is 8.09. The van der Waals surface area contributed by atoms with Crippen LogP contribution in [-0.4, -0.2) is 57.6 Å². The maximum atomic E-state index is 12.2. The smallest absolute Gasteiger partial charge is 0.242 e. The predicted octanol–water partition coefficient (Wildman–Crippen LogP) is 2.10. The molecule has 1 aliphatic heterocycles. The molecule has 0 radical (unpaired) electrons. The third kappa shape index (κ3) is 5.21. The van der Waals surface area contributed by atoms with Gasteiger partial charge in [-0.05, 0) is 43.7 Å². The monoisotopic (exact) mass is 404 g/mol. The number of ether oxygens (including phenoxy) is 1. The van der Waals surface area contributed by atoms with Gasteiger partial charge in [-0.1, -0.05) is 12.1 Å². The number of anilines is 1. The molecule has 1 N–H and O–H groups in total. The molecule has 152 valence electrons. The molecule has 0 amide bonds. The van der Waals surface area contributed by atoms with Crippen LogP contribution in [0.2, 0.25) is 0 Å². The van der Waals surface area contributed by atoms with E-state index in [4.69, 9.17) is 4.74 Å². The zero-order valence-electron chi connectivity index (χ0n) is 16.6. The minimum atomic E-state index is -3.50. The van der Waals surface area contributed by atoms with Crippen LogP contribution >= 0.6 is 0 Å². The Bertz CT molecular complexity index is 859. The van der Waals surface area contributed by atoms with Crippen LogP contribution in [0.15, 0.2) is 47.5 Å². The van der Waals surface area contributed by atoms with Crippen molar-refractivity contribution in [2.24, 2.45) is 0 Å². The van der Waals surface area contributed by atoms with Gasteiger partial charge in [0, 0.05) is 45.0 Å². The summed E-state index contributed by atoms with van der Waals surface area (Å²) in [6.07, 6.45) is 1.43. The van der Waals surface area contributed by atoms with E-state index in [1.807, 2.05) is 12.1 Å². The molecule has 8 heteroatoms. The second-order valence-corrected chi connectivity index (χ2v) is 8.95. The van der Waals surface area contributed by atoms with Crippen LogP contribution in [0.3, 0.4) is 0 Å². The van der Waals surface area contributed by atoms with Gasteiger partial charge in [-0.25, -0.2) is 18.1 Å². The van der Waals surface area contributed by atoms with Crippen molar-refractivity contribution < 1.29 is 13.2 Å². The van der Waals surface area contributed by atoms with Crippen molar-refractivity contribution in [1.82, 2.24) is 14.6 Å². The van der Waals surface area contributed by atoms with Crippen molar-refractivity contribution in [1.29, 1.82) is 0 Å². The fraction of sp³-hybridized carbons (Fsp3) is 0.450. The maximum absolute atomic E-state index is 12.2. The molecule has 1 saturated heterocycles. The molecule has 0 atom stereocenters. The maximum Gasteiger partial charge on any atom is 0.242 e. The fourth-order valence-corrected chi connectivity index (χ4v) is 4.42. The van der Waals surface area contributed by atoms with E-state index in [-0.39, 0.29) is 10.9 Å². The van der Waals surface area contributed by atoms with Crippen molar-refractivity contribution in [3.8, 4) is 5.75 Å². The number of nitrogens with zero attached hydrogens (tertiary/aromatic N) is 3. The molecule has 0 unspecified atom stereocenters. The van der Waals surface area contributed by atoms with Crippen LogP contribution in [0.4, 0.5) is 5.82 Å². The van der Waals surface area contributed by atoms with E-state index in [1.54, 1.807) is 33.1 Å². The summed E-state index contributed by atoms with van der Waals surface area (Å²) in [4.78, 5) is 9.17. The number of nitrogens with one attached hydrogen (secondary N) is 1. The minimum Gasteiger partial charge on any atom is -0.497 e. The Hall–Kier alpha value is -2.16. The lowest BCUT2D eigenvalue weighted by Gasteiger charge is -2.35. The van der Waals surface area contributed by atoms with E-state index >= 15 is 0 Å². The number of rotatable bonds is 7. The van der Waals surface area contributed by atoms with E-state index in [2.05, 4.69) is 31.6 Å². The second kappa shape index (κ2) is 8.89. The number of methoxy groups -OCH3 is 1. The van der Waals surface area contributed by atoms with Crippen molar-refractivity contribution in [2.45, 2.75) is 31.3 Å². The normalized spacial score (nSPS) is 15.8. The molecule has 1 aromatic heterocycles. The topological polar surface area (TPSA) is 74.8 Å². The fourth-order valence-electron chi connectivity index (χ4n) is 3.22. The summed E-state index contributed by atoms with van der Waals surface area (Å²) >= 11 is 0. The first-order valence-electron chi connectivity index (χ1n) is 9.46. The molecule has 28 heavy (non-hydrogen) atoms. The lowest BCUT2D eigenvalue weighted by atomic mass is 10.2. The first-order valence-corrected chi connectivity index (χ1v) is 10.9. The summed E-state index contributed by atoms with van der Waals surface area (Å²) < 4.78 is 32.2. The molecular formula is C20H28N4O3S. The van der Waals surface area contributed by atoms with Gasteiger partial charge in [0.05, 0.1) is 7.11 Å². The Morgan fingerprint density at radius 2 is 1.75 bits per heavy atom. The first-order chi connectivity index (χ1) is 13.4. The molecular weight excluding hydrogens is 376 g/mol. The van der Waals surface area contributed by atoms with Crippen LogP contribution in [0.5, 0.6) is 5.75 Å². The average Bonchev–Trinajstić information content (AvgIpc) is 2.68. The van der Waals surface area contributed by atoms with Crippen molar-refractivity contribution >= 4 is 15.8 Å². The summed E-state index contributed by atoms with van der Waals surface area (Å²) in [6, 6.07) is 11.4. The first kappa shape index (κ1) is 20.6. The summed E-state index contributed by atoms with van der Waals surface area (Å²) in [5.41, 5.74) is 1.26. The van der Waals surface area contributed by atoms with Crippen LogP contribution in [-0.2, 0) is 16.6 Å².